The fourth-order valence-electron chi connectivity index (χ4n) is 1.63. The summed E-state index contributed by atoms with van der Waals surface area (Å²) in [5.74, 6) is 1.24. The van der Waals surface area contributed by atoms with E-state index in [2.05, 4.69) is 15.4 Å². The van der Waals surface area contributed by atoms with E-state index in [-0.39, 0.29) is 0 Å². The van der Waals surface area contributed by atoms with Gasteiger partial charge >= 0.3 is 0 Å². The summed E-state index contributed by atoms with van der Waals surface area (Å²) >= 11 is 0. The minimum absolute atomic E-state index is 0.507. The lowest BCUT2D eigenvalue weighted by molar-refractivity contribution is 0.0228. The molecule has 0 fully saturated rings. The van der Waals surface area contributed by atoms with Crippen LogP contribution in [-0.2, 0) is 18.0 Å². The normalized spacial score (nSPS) is 10.4. The Hall–Kier alpha value is -1.98. The second kappa shape index (κ2) is 6.82. The van der Waals surface area contributed by atoms with Crippen molar-refractivity contribution in [3.8, 4) is 5.88 Å². The lowest BCUT2D eigenvalue weighted by atomic mass is 10.2. The van der Waals surface area contributed by atoms with Crippen LogP contribution in [0.2, 0.25) is 0 Å². The maximum absolute atomic E-state index is 5.39. The topological polar surface area (TPSA) is 56.3 Å². The van der Waals surface area contributed by atoms with Crippen molar-refractivity contribution in [2.45, 2.75) is 20.1 Å². The molecule has 1 N–H and O–H groups in total. The minimum atomic E-state index is 0.507. The van der Waals surface area contributed by atoms with Gasteiger partial charge in [0.15, 0.2) is 0 Å². The van der Waals surface area contributed by atoms with Crippen molar-refractivity contribution >= 4 is 0 Å². The van der Waals surface area contributed by atoms with Crippen LogP contribution in [0.4, 0.5) is 0 Å². The zero-order valence-corrected chi connectivity index (χ0v) is 11.1. The predicted molar refractivity (Wildman–Crippen MR) is 71.4 cm³/mol. The van der Waals surface area contributed by atoms with E-state index in [1.165, 1.54) is 0 Å². The molecule has 0 unspecified atom stereocenters. The van der Waals surface area contributed by atoms with E-state index >= 15 is 0 Å². The second-order valence-electron chi connectivity index (χ2n) is 4.04. The molecule has 0 aliphatic heterocycles. The molecule has 0 spiro atoms. The van der Waals surface area contributed by atoms with Gasteiger partial charge in [-0.05, 0) is 12.5 Å². The van der Waals surface area contributed by atoms with Crippen molar-refractivity contribution in [2.75, 3.05) is 7.11 Å². The average molecular weight is 259 g/mol. The smallest absolute Gasteiger partial charge is 0.216 e. The van der Waals surface area contributed by atoms with Gasteiger partial charge < -0.3 is 4.74 Å². The first-order chi connectivity index (χ1) is 9.28. The van der Waals surface area contributed by atoms with E-state index in [1.807, 2.05) is 37.3 Å². The second-order valence-corrected chi connectivity index (χ2v) is 4.04. The van der Waals surface area contributed by atoms with E-state index in [1.54, 1.807) is 13.2 Å². The fraction of sp³-hybridized carbons (Fsp3) is 0.286. The van der Waals surface area contributed by atoms with Crippen LogP contribution in [0, 0.1) is 6.92 Å². The van der Waals surface area contributed by atoms with Crippen LogP contribution in [0.15, 0.2) is 36.4 Å². The number of hydroxylamine groups is 1. The maximum atomic E-state index is 5.39. The number of nitrogens with one attached hydrogen (secondary N) is 1. The molecule has 5 heteroatoms. The highest BCUT2D eigenvalue weighted by molar-refractivity contribution is 5.16. The van der Waals surface area contributed by atoms with Gasteiger partial charge in [-0.3, -0.25) is 4.84 Å². The van der Waals surface area contributed by atoms with Gasteiger partial charge in [0.25, 0.3) is 0 Å². The van der Waals surface area contributed by atoms with Gasteiger partial charge in [-0.2, -0.15) is 10.5 Å². The summed E-state index contributed by atoms with van der Waals surface area (Å²) in [4.78, 5) is 13.8. The Morgan fingerprint density at radius 1 is 1.16 bits per heavy atom. The third kappa shape index (κ3) is 4.31. The van der Waals surface area contributed by atoms with Crippen LogP contribution in [0.25, 0.3) is 0 Å². The largest absolute Gasteiger partial charge is 0.481 e. The van der Waals surface area contributed by atoms with E-state index in [0.29, 0.717) is 24.9 Å². The number of hydrogen-bond acceptors (Lipinski definition) is 5. The van der Waals surface area contributed by atoms with E-state index in [0.717, 1.165) is 11.3 Å². The van der Waals surface area contributed by atoms with E-state index in [9.17, 15) is 0 Å². The first kappa shape index (κ1) is 13.5. The van der Waals surface area contributed by atoms with Crippen molar-refractivity contribution in [3.05, 3.63) is 53.5 Å². The van der Waals surface area contributed by atoms with Crippen molar-refractivity contribution in [2.24, 2.45) is 0 Å². The van der Waals surface area contributed by atoms with E-state index in [4.69, 9.17) is 9.57 Å². The molecule has 0 aliphatic carbocycles. The minimum Gasteiger partial charge on any atom is -0.481 e. The molecule has 0 radical (unpaired) electrons. The molecule has 1 aromatic carbocycles. The molecule has 2 aromatic rings. The van der Waals surface area contributed by atoms with Crippen LogP contribution in [0.3, 0.4) is 0 Å². The zero-order valence-electron chi connectivity index (χ0n) is 11.1. The maximum Gasteiger partial charge on any atom is 0.216 e. The lowest BCUT2D eigenvalue weighted by Gasteiger charge is -2.07. The van der Waals surface area contributed by atoms with Gasteiger partial charge in [0.05, 0.1) is 26.0 Å². The first-order valence-corrected chi connectivity index (χ1v) is 6.05. The number of benzene rings is 1. The number of methoxy groups -OCH3 is 1. The molecule has 0 saturated heterocycles. The van der Waals surface area contributed by atoms with Crippen molar-refractivity contribution in [1.82, 2.24) is 15.4 Å². The summed E-state index contributed by atoms with van der Waals surface area (Å²) in [6, 6.07) is 11.8. The van der Waals surface area contributed by atoms with Crippen LogP contribution in [0.1, 0.15) is 17.1 Å². The quantitative estimate of drug-likeness (QED) is 0.635. The Bertz CT molecular complexity index is 517. The van der Waals surface area contributed by atoms with Gasteiger partial charge in [0.2, 0.25) is 5.88 Å². The highest BCUT2D eigenvalue weighted by Crippen LogP contribution is 2.08. The summed E-state index contributed by atoms with van der Waals surface area (Å²) in [7, 11) is 1.59. The Balaban J connectivity index is 1.81. The molecule has 0 aliphatic rings. The molecule has 100 valence electrons. The molecule has 1 aromatic heterocycles. The fourth-order valence-corrected chi connectivity index (χ4v) is 1.63. The Morgan fingerprint density at radius 2 is 1.95 bits per heavy atom. The highest BCUT2D eigenvalue weighted by atomic mass is 16.6. The van der Waals surface area contributed by atoms with Gasteiger partial charge in [-0.15, -0.1) is 0 Å². The first-order valence-electron chi connectivity index (χ1n) is 6.05. The summed E-state index contributed by atoms with van der Waals surface area (Å²) in [5, 5.41) is 0. The molecule has 19 heavy (non-hydrogen) atoms. The van der Waals surface area contributed by atoms with Crippen LogP contribution < -0.4 is 10.2 Å². The molecular formula is C14H17N3O2. The Labute approximate surface area is 112 Å². The van der Waals surface area contributed by atoms with Crippen LogP contribution >= 0.6 is 0 Å². The number of hydrogen-bond donors (Lipinski definition) is 1. The van der Waals surface area contributed by atoms with Gasteiger partial charge in [0.1, 0.15) is 5.82 Å². The number of rotatable bonds is 6. The van der Waals surface area contributed by atoms with Gasteiger partial charge in [-0.1, -0.05) is 30.3 Å². The zero-order chi connectivity index (χ0) is 13.5. The molecule has 5 nitrogen and oxygen atoms in total. The highest BCUT2D eigenvalue weighted by Gasteiger charge is 2.01. The summed E-state index contributed by atoms with van der Waals surface area (Å²) in [5.41, 5.74) is 4.83. The molecule has 2 rings (SSSR count). The summed E-state index contributed by atoms with van der Waals surface area (Å²) in [6.45, 7) is 2.85. The van der Waals surface area contributed by atoms with Crippen LogP contribution in [0.5, 0.6) is 5.88 Å². The SMILES string of the molecule is COc1cc(CNOCc2ccccc2)nc(C)n1. The summed E-state index contributed by atoms with van der Waals surface area (Å²) in [6.07, 6.45) is 0. The van der Waals surface area contributed by atoms with Crippen LogP contribution in [-0.4, -0.2) is 17.1 Å². The Kier molecular flexibility index (Phi) is 4.83. The van der Waals surface area contributed by atoms with Gasteiger partial charge in [-0.25, -0.2) is 4.98 Å². The van der Waals surface area contributed by atoms with E-state index < -0.39 is 0 Å². The summed E-state index contributed by atoms with van der Waals surface area (Å²) < 4.78 is 5.09. The molecule has 0 bridgehead atoms. The molecule has 1 heterocycles. The lowest BCUT2D eigenvalue weighted by Crippen LogP contribution is -2.15. The monoisotopic (exact) mass is 259 g/mol. The molecular weight excluding hydrogens is 242 g/mol. The Morgan fingerprint density at radius 3 is 2.68 bits per heavy atom. The molecule has 0 saturated carbocycles. The standard InChI is InChI=1S/C14H17N3O2/c1-11-16-13(8-14(17-11)18-2)9-15-19-10-12-6-4-3-5-7-12/h3-8,15H,9-10H2,1-2H3. The van der Waals surface area contributed by atoms with Crippen molar-refractivity contribution in [3.63, 3.8) is 0 Å². The predicted octanol–water partition coefficient (Wildman–Crippen LogP) is 2.02. The third-order valence-corrected chi connectivity index (χ3v) is 2.51. The number of aryl methyl sites for hydroxylation is 1. The number of aromatic nitrogens is 2. The van der Waals surface area contributed by atoms with Crippen molar-refractivity contribution in [1.29, 1.82) is 0 Å². The molecule has 0 atom stereocenters. The van der Waals surface area contributed by atoms with Gasteiger partial charge in [0, 0.05) is 6.07 Å². The third-order valence-electron chi connectivity index (χ3n) is 2.51. The average Bonchev–Trinajstić information content (AvgIpc) is 2.44. The van der Waals surface area contributed by atoms with Crippen molar-refractivity contribution < 1.29 is 9.57 Å². The molecule has 0 amide bonds. The number of ether oxygens (including phenoxy) is 1. The number of nitrogens with zero attached hydrogens (tertiary/aromatic N) is 2.